The molecule has 1 aliphatic heterocycles. The monoisotopic (exact) mass is 262 g/mol. The molecule has 1 saturated heterocycles. The van der Waals surface area contributed by atoms with E-state index in [-0.39, 0.29) is 0 Å². The first-order chi connectivity index (χ1) is 9.19. The number of rotatable bonds is 6. The van der Waals surface area contributed by atoms with Crippen LogP contribution in [0.2, 0.25) is 0 Å². The molecule has 1 atom stereocenters. The van der Waals surface area contributed by atoms with Gasteiger partial charge in [0.25, 0.3) is 0 Å². The SMILES string of the molecule is COc1ccc(CCNC2CCN(C(C)C)C2)cc1. The average molecular weight is 262 g/mol. The molecule has 1 heterocycles. The van der Waals surface area contributed by atoms with Gasteiger partial charge in [-0.05, 0) is 57.5 Å². The standard InChI is InChI=1S/C16H26N2O/c1-13(2)18-11-9-15(12-18)17-10-8-14-4-6-16(19-3)7-5-14/h4-7,13,15,17H,8-12H2,1-3H3. The van der Waals surface area contributed by atoms with Gasteiger partial charge in [0.05, 0.1) is 7.11 Å². The predicted octanol–water partition coefficient (Wildman–Crippen LogP) is 2.31. The highest BCUT2D eigenvalue weighted by Gasteiger charge is 2.23. The third kappa shape index (κ3) is 4.22. The first-order valence-corrected chi connectivity index (χ1v) is 7.29. The van der Waals surface area contributed by atoms with Crippen LogP contribution in [-0.2, 0) is 6.42 Å². The van der Waals surface area contributed by atoms with Crippen LogP contribution in [0.4, 0.5) is 0 Å². The lowest BCUT2D eigenvalue weighted by molar-refractivity contribution is 0.268. The van der Waals surface area contributed by atoms with Crippen LogP contribution < -0.4 is 10.1 Å². The third-order valence-electron chi connectivity index (χ3n) is 3.96. The van der Waals surface area contributed by atoms with E-state index >= 15 is 0 Å². The minimum Gasteiger partial charge on any atom is -0.497 e. The zero-order chi connectivity index (χ0) is 13.7. The summed E-state index contributed by atoms with van der Waals surface area (Å²) in [5.41, 5.74) is 1.37. The lowest BCUT2D eigenvalue weighted by Crippen LogP contribution is -2.36. The maximum atomic E-state index is 5.17. The topological polar surface area (TPSA) is 24.5 Å². The van der Waals surface area contributed by atoms with Gasteiger partial charge in [0.1, 0.15) is 5.75 Å². The zero-order valence-electron chi connectivity index (χ0n) is 12.4. The van der Waals surface area contributed by atoms with Crippen molar-refractivity contribution < 1.29 is 4.74 Å². The summed E-state index contributed by atoms with van der Waals surface area (Å²) in [6.07, 6.45) is 2.36. The molecule has 0 radical (unpaired) electrons. The minimum atomic E-state index is 0.667. The molecule has 0 amide bonds. The number of hydrogen-bond donors (Lipinski definition) is 1. The van der Waals surface area contributed by atoms with Crippen LogP contribution in [0.5, 0.6) is 5.75 Å². The summed E-state index contributed by atoms with van der Waals surface area (Å²) >= 11 is 0. The largest absolute Gasteiger partial charge is 0.497 e. The first kappa shape index (κ1) is 14.4. The smallest absolute Gasteiger partial charge is 0.118 e. The van der Waals surface area contributed by atoms with Gasteiger partial charge >= 0.3 is 0 Å². The molecule has 1 unspecified atom stereocenters. The van der Waals surface area contributed by atoms with Crippen LogP contribution in [0.3, 0.4) is 0 Å². The van der Waals surface area contributed by atoms with Gasteiger partial charge < -0.3 is 10.1 Å². The Balaban J connectivity index is 1.69. The molecule has 3 nitrogen and oxygen atoms in total. The van der Waals surface area contributed by atoms with Crippen molar-refractivity contribution in [1.82, 2.24) is 10.2 Å². The molecule has 0 bridgehead atoms. The molecule has 1 fully saturated rings. The lowest BCUT2D eigenvalue weighted by atomic mass is 10.1. The second-order valence-corrected chi connectivity index (χ2v) is 5.63. The van der Waals surface area contributed by atoms with Crippen molar-refractivity contribution >= 4 is 0 Å². The van der Waals surface area contributed by atoms with E-state index in [9.17, 15) is 0 Å². The number of ether oxygens (including phenoxy) is 1. The number of likely N-dealkylation sites (tertiary alicyclic amines) is 1. The van der Waals surface area contributed by atoms with E-state index in [0.29, 0.717) is 12.1 Å². The fraction of sp³-hybridized carbons (Fsp3) is 0.625. The number of benzene rings is 1. The molecule has 0 saturated carbocycles. The van der Waals surface area contributed by atoms with Crippen LogP contribution in [0.15, 0.2) is 24.3 Å². The molecule has 19 heavy (non-hydrogen) atoms. The Morgan fingerprint density at radius 1 is 1.32 bits per heavy atom. The molecule has 0 aliphatic carbocycles. The number of nitrogens with one attached hydrogen (secondary N) is 1. The third-order valence-corrected chi connectivity index (χ3v) is 3.96. The van der Waals surface area contributed by atoms with E-state index in [1.54, 1.807) is 7.11 Å². The Labute approximate surface area is 116 Å². The van der Waals surface area contributed by atoms with Crippen LogP contribution in [0, 0.1) is 0 Å². The fourth-order valence-corrected chi connectivity index (χ4v) is 2.64. The highest BCUT2D eigenvalue weighted by atomic mass is 16.5. The normalized spacial score (nSPS) is 20.1. The molecule has 1 aromatic carbocycles. The Hall–Kier alpha value is -1.06. The summed E-state index contributed by atoms with van der Waals surface area (Å²) in [6.45, 7) is 8.04. The Morgan fingerprint density at radius 2 is 2.05 bits per heavy atom. The van der Waals surface area contributed by atoms with Crippen LogP contribution in [-0.4, -0.2) is 43.7 Å². The minimum absolute atomic E-state index is 0.667. The quantitative estimate of drug-likeness (QED) is 0.851. The molecule has 1 aliphatic rings. The molecule has 106 valence electrons. The van der Waals surface area contributed by atoms with Crippen molar-refractivity contribution in [3.63, 3.8) is 0 Å². The van der Waals surface area contributed by atoms with Crippen LogP contribution in [0.25, 0.3) is 0 Å². The van der Waals surface area contributed by atoms with Crippen molar-refractivity contribution in [1.29, 1.82) is 0 Å². The maximum absolute atomic E-state index is 5.17. The van der Waals surface area contributed by atoms with E-state index in [4.69, 9.17) is 4.74 Å². The molecule has 1 N–H and O–H groups in total. The highest BCUT2D eigenvalue weighted by molar-refractivity contribution is 5.27. The predicted molar refractivity (Wildman–Crippen MR) is 79.8 cm³/mol. The summed E-state index contributed by atoms with van der Waals surface area (Å²) in [5, 5.41) is 3.67. The Kier molecular flexibility index (Phi) is 5.23. The summed E-state index contributed by atoms with van der Waals surface area (Å²) in [7, 11) is 1.71. The number of methoxy groups -OCH3 is 1. The number of hydrogen-bond acceptors (Lipinski definition) is 3. The van der Waals surface area contributed by atoms with Crippen molar-refractivity contribution in [3.8, 4) is 5.75 Å². The van der Waals surface area contributed by atoms with Gasteiger partial charge in [-0.25, -0.2) is 0 Å². The van der Waals surface area contributed by atoms with E-state index < -0.39 is 0 Å². The van der Waals surface area contributed by atoms with E-state index in [1.165, 1.54) is 25.1 Å². The molecular weight excluding hydrogens is 236 g/mol. The van der Waals surface area contributed by atoms with E-state index in [2.05, 4.69) is 36.2 Å². The molecule has 0 spiro atoms. The van der Waals surface area contributed by atoms with Crippen molar-refractivity contribution in [3.05, 3.63) is 29.8 Å². The molecule has 1 aromatic rings. The van der Waals surface area contributed by atoms with Crippen molar-refractivity contribution in [2.45, 2.75) is 38.8 Å². The van der Waals surface area contributed by atoms with Gasteiger partial charge in [0, 0.05) is 18.6 Å². The Morgan fingerprint density at radius 3 is 2.63 bits per heavy atom. The zero-order valence-corrected chi connectivity index (χ0v) is 12.4. The summed E-state index contributed by atoms with van der Waals surface area (Å²) in [6, 6.07) is 9.70. The van der Waals surface area contributed by atoms with Gasteiger partial charge in [-0.2, -0.15) is 0 Å². The molecule has 0 aromatic heterocycles. The van der Waals surface area contributed by atoms with Gasteiger partial charge in [-0.15, -0.1) is 0 Å². The van der Waals surface area contributed by atoms with Gasteiger partial charge in [0.2, 0.25) is 0 Å². The molecular formula is C16H26N2O. The Bertz CT molecular complexity index is 375. The van der Waals surface area contributed by atoms with Gasteiger partial charge in [-0.1, -0.05) is 12.1 Å². The van der Waals surface area contributed by atoms with Crippen LogP contribution in [0.1, 0.15) is 25.8 Å². The highest BCUT2D eigenvalue weighted by Crippen LogP contribution is 2.13. The molecule has 3 heteroatoms. The maximum Gasteiger partial charge on any atom is 0.118 e. The fourth-order valence-electron chi connectivity index (χ4n) is 2.64. The van der Waals surface area contributed by atoms with Crippen molar-refractivity contribution in [2.75, 3.05) is 26.7 Å². The van der Waals surface area contributed by atoms with Crippen LogP contribution >= 0.6 is 0 Å². The molecule has 2 rings (SSSR count). The summed E-state index contributed by atoms with van der Waals surface area (Å²) in [4.78, 5) is 2.55. The van der Waals surface area contributed by atoms with Gasteiger partial charge in [0.15, 0.2) is 0 Å². The summed E-state index contributed by atoms with van der Waals surface area (Å²) in [5.74, 6) is 0.931. The lowest BCUT2D eigenvalue weighted by Gasteiger charge is -2.20. The first-order valence-electron chi connectivity index (χ1n) is 7.29. The van der Waals surface area contributed by atoms with Crippen molar-refractivity contribution in [2.24, 2.45) is 0 Å². The summed E-state index contributed by atoms with van der Waals surface area (Å²) < 4.78 is 5.17. The van der Waals surface area contributed by atoms with Gasteiger partial charge in [-0.3, -0.25) is 4.90 Å². The van der Waals surface area contributed by atoms with E-state index in [0.717, 1.165) is 18.7 Å². The second kappa shape index (κ2) is 6.92. The average Bonchev–Trinajstić information content (AvgIpc) is 2.89. The second-order valence-electron chi connectivity index (χ2n) is 5.63. The van der Waals surface area contributed by atoms with E-state index in [1.807, 2.05) is 12.1 Å². The number of nitrogens with zero attached hydrogens (tertiary/aromatic N) is 1.